The monoisotopic (exact) mass is 286 g/mol. The van der Waals surface area contributed by atoms with Gasteiger partial charge in [-0.2, -0.15) is 5.10 Å². The number of alkyl halides is 1. The van der Waals surface area contributed by atoms with Gasteiger partial charge >= 0.3 is 0 Å². The summed E-state index contributed by atoms with van der Waals surface area (Å²) >= 11 is 9.54. The predicted molar refractivity (Wildman–Crippen MR) is 67.8 cm³/mol. The lowest BCUT2D eigenvalue weighted by Gasteiger charge is -2.06. The zero-order valence-electron chi connectivity index (χ0n) is 8.67. The highest BCUT2D eigenvalue weighted by atomic mass is 79.9. The smallest absolute Gasteiger partial charge is 0.158 e. The van der Waals surface area contributed by atoms with Crippen LogP contribution in [-0.2, 0) is 5.33 Å². The van der Waals surface area contributed by atoms with Crippen molar-refractivity contribution in [2.45, 2.75) is 25.2 Å². The van der Waals surface area contributed by atoms with Gasteiger partial charge < -0.3 is 0 Å². The van der Waals surface area contributed by atoms with Crippen molar-refractivity contribution in [3.63, 3.8) is 0 Å². The van der Waals surface area contributed by atoms with Gasteiger partial charge in [-0.05, 0) is 31.5 Å². The van der Waals surface area contributed by atoms with Crippen molar-refractivity contribution in [3.05, 3.63) is 28.9 Å². The van der Waals surface area contributed by atoms with Gasteiger partial charge in [0, 0.05) is 16.8 Å². The highest BCUT2D eigenvalue weighted by molar-refractivity contribution is 9.08. The molecule has 0 saturated heterocycles. The molecule has 0 aliphatic heterocycles. The second-order valence-corrected chi connectivity index (χ2v) is 4.73. The third-order valence-electron chi connectivity index (χ3n) is 2.37. The Morgan fingerprint density at radius 1 is 1.47 bits per heavy atom. The van der Waals surface area contributed by atoms with Crippen molar-refractivity contribution in [2.24, 2.45) is 0 Å². The Balaban J connectivity index is 2.69. The number of aromatic nitrogens is 2. The molecule has 0 bridgehead atoms. The number of rotatable bonds is 2. The Bertz CT molecular complexity index is 491. The molecule has 0 aliphatic rings. The number of hydrogen-bond donors (Lipinski definition) is 0. The summed E-state index contributed by atoms with van der Waals surface area (Å²) in [5.41, 5.74) is 2.31. The fraction of sp³-hybridized carbons (Fsp3) is 0.364. The lowest BCUT2D eigenvalue weighted by Crippen LogP contribution is -2.01. The van der Waals surface area contributed by atoms with Crippen LogP contribution < -0.4 is 0 Å². The highest BCUT2D eigenvalue weighted by Crippen LogP contribution is 2.26. The van der Waals surface area contributed by atoms with E-state index in [0.29, 0.717) is 11.2 Å². The summed E-state index contributed by atoms with van der Waals surface area (Å²) in [6.07, 6.45) is 0. The quantitative estimate of drug-likeness (QED) is 0.758. The van der Waals surface area contributed by atoms with Gasteiger partial charge in [0.05, 0.1) is 5.52 Å². The largest absolute Gasteiger partial charge is 0.261 e. The minimum Gasteiger partial charge on any atom is -0.261 e. The predicted octanol–water partition coefficient (Wildman–Crippen LogP) is 4.17. The van der Waals surface area contributed by atoms with E-state index in [1.165, 1.54) is 5.56 Å². The Kier molecular flexibility index (Phi) is 3.03. The molecule has 2 nitrogen and oxygen atoms in total. The van der Waals surface area contributed by atoms with Crippen LogP contribution in [0.15, 0.2) is 18.2 Å². The number of fused-ring (bicyclic) bond motifs is 1. The lowest BCUT2D eigenvalue weighted by atomic mass is 10.2. The third-order valence-corrected chi connectivity index (χ3v) is 3.30. The minimum atomic E-state index is 0.329. The Hall–Kier alpha value is -0.540. The molecule has 0 radical (unpaired) electrons. The van der Waals surface area contributed by atoms with Crippen molar-refractivity contribution in [3.8, 4) is 0 Å². The van der Waals surface area contributed by atoms with Gasteiger partial charge in [-0.25, -0.2) is 0 Å². The van der Waals surface area contributed by atoms with Gasteiger partial charge in [0.1, 0.15) is 0 Å². The molecule has 0 N–H and O–H groups in total. The molecule has 1 aromatic heterocycles. The van der Waals surface area contributed by atoms with E-state index in [2.05, 4.69) is 53.1 Å². The van der Waals surface area contributed by atoms with Crippen LogP contribution in [0.4, 0.5) is 0 Å². The molecule has 0 saturated carbocycles. The fourth-order valence-corrected chi connectivity index (χ4v) is 2.21. The van der Waals surface area contributed by atoms with Crippen molar-refractivity contribution in [1.29, 1.82) is 0 Å². The molecule has 0 amide bonds. The summed E-state index contributed by atoms with van der Waals surface area (Å²) in [6, 6.07) is 6.58. The Morgan fingerprint density at radius 2 is 2.20 bits per heavy atom. The average molecular weight is 288 g/mol. The first-order valence-corrected chi connectivity index (χ1v) is 6.36. The molecule has 1 aromatic carbocycles. The van der Waals surface area contributed by atoms with E-state index in [-0.39, 0.29) is 0 Å². The first-order chi connectivity index (χ1) is 7.13. The van der Waals surface area contributed by atoms with E-state index in [4.69, 9.17) is 11.6 Å². The van der Waals surface area contributed by atoms with Crippen LogP contribution in [0, 0.1) is 0 Å². The zero-order chi connectivity index (χ0) is 11.0. The molecule has 2 rings (SSSR count). The van der Waals surface area contributed by atoms with Gasteiger partial charge in [-0.3, -0.25) is 4.68 Å². The summed E-state index contributed by atoms with van der Waals surface area (Å²) in [5, 5.41) is 6.79. The van der Waals surface area contributed by atoms with Crippen LogP contribution >= 0.6 is 27.5 Å². The maximum atomic E-state index is 6.10. The fourth-order valence-electron chi connectivity index (χ4n) is 1.63. The molecule has 80 valence electrons. The number of hydrogen-bond acceptors (Lipinski definition) is 1. The Morgan fingerprint density at radius 3 is 2.80 bits per heavy atom. The van der Waals surface area contributed by atoms with E-state index in [1.807, 2.05) is 4.68 Å². The van der Waals surface area contributed by atoms with Crippen molar-refractivity contribution >= 4 is 38.4 Å². The zero-order valence-corrected chi connectivity index (χ0v) is 11.0. The van der Waals surface area contributed by atoms with Crippen LogP contribution in [0.3, 0.4) is 0 Å². The highest BCUT2D eigenvalue weighted by Gasteiger charge is 2.10. The second-order valence-electron chi connectivity index (χ2n) is 3.81. The molecule has 4 heteroatoms. The van der Waals surface area contributed by atoms with E-state index in [1.54, 1.807) is 0 Å². The first-order valence-electron chi connectivity index (χ1n) is 4.86. The molecule has 2 aromatic rings. The lowest BCUT2D eigenvalue weighted by molar-refractivity contribution is 0.551. The van der Waals surface area contributed by atoms with Gasteiger partial charge in [-0.15, -0.1) is 0 Å². The summed E-state index contributed by atoms with van der Waals surface area (Å²) in [6.45, 7) is 4.20. The summed E-state index contributed by atoms with van der Waals surface area (Å²) < 4.78 is 1.95. The van der Waals surface area contributed by atoms with Crippen LogP contribution in [-0.4, -0.2) is 9.78 Å². The van der Waals surface area contributed by atoms with Crippen molar-refractivity contribution in [2.75, 3.05) is 0 Å². The molecule has 0 spiro atoms. The molecule has 1 heterocycles. The average Bonchev–Trinajstić information content (AvgIpc) is 2.56. The van der Waals surface area contributed by atoms with Gasteiger partial charge in [0.2, 0.25) is 0 Å². The molecule has 0 atom stereocenters. The number of nitrogens with zero attached hydrogens (tertiary/aromatic N) is 2. The summed E-state index contributed by atoms with van der Waals surface area (Å²) in [4.78, 5) is 0. The van der Waals surface area contributed by atoms with Gasteiger partial charge in [0.15, 0.2) is 5.15 Å². The van der Waals surface area contributed by atoms with Crippen molar-refractivity contribution in [1.82, 2.24) is 9.78 Å². The molecule has 0 aliphatic carbocycles. The van der Waals surface area contributed by atoms with Gasteiger partial charge in [0.25, 0.3) is 0 Å². The van der Waals surface area contributed by atoms with Crippen LogP contribution in [0.5, 0.6) is 0 Å². The molecule has 0 unspecified atom stereocenters. The SMILES string of the molecule is CC(C)n1nc(Cl)c2cc(CBr)ccc21. The van der Waals surface area contributed by atoms with Crippen molar-refractivity contribution < 1.29 is 0 Å². The number of benzene rings is 1. The maximum absolute atomic E-state index is 6.10. The normalized spacial score (nSPS) is 11.5. The van der Waals surface area contributed by atoms with E-state index >= 15 is 0 Å². The molecule has 0 fully saturated rings. The van der Waals surface area contributed by atoms with Gasteiger partial charge in [-0.1, -0.05) is 33.6 Å². The van der Waals surface area contributed by atoms with E-state index in [0.717, 1.165) is 16.2 Å². The topological polar surface area (TPSA) is 17.8 Å². The maximum Gasteiger partial charge on any atom is 0.158 e. The van der Waals surface area contributed by atoms with Crippen LogP contribution in [0.2, 0.25) is 5.15 Å². The minimum absolute atomic E-state index is 0.329. The molecule has 15 heavy (non-hydrogen) atoms. The number of halogens is 2. The van der Waals surface area contributed by atoms with E-state index < -0.39 is 0 Å². The first kappa shape index (κ1) is 11.0. The summed E-state index contributed by atoms with van der Waals surface area (Å²) in [5.74, 6) is 0. The van der Waals surface area contributed by atoms with E-state index in [9.17, 15) is 0 Å². The molecular weight excluding hydrogens is 275 g/mol. The van der Waals surface area contributed by atoms with Crippen LogP contribution in [0.1, 0.15) is 25.5 Å². The summed E-state index contributed by atoms with van der Waals surface area (Å²) in [7, 11) is 0. The standard InChI is InChI=1S/C11H12BrClN2/c1-7(2)15-10-4-3-8(6-12)5-9(10)11(13)14-15/h3-5,7H,6H2,1-2H3. The molecular formula is C11H12BrClN2. The second kappa shape index (κ2) is 4.14. The Labute approximate surface area is 102 Å². The van der Waals surface area contributed by atoms with Crippen LogP contribution in [0.25, 0.3) is 10.9 Å². The third kappa shape index (κ3) is 1.91.